The molecule has 1 aromatic heterocycles. The molecule has 2 unspecified atom stereocenters. The van der Waals surface area contributed by atoms with Gasteiger partial charge in [0.2, 0.25) is 0 Å². The summed E-state index contributed by atoms with van der Waals surface area (Å²) >= 11 is 0. The van der Waals surface area contributed by atoms with Gasteiger partial charge in [0.15, 0.2) is 0 Å². The number of aromatic nitrogens is 2. The second-order valence-corrected chi connectivity index (χ2v) is 4.38. The van der Waals surface area contributed by atoms with Crippen LogP contribution in [0.5, 0.6) is 0 Å². The van der Waals surface area contributed by atoms with Crippen LogP contribution in [0.1, 0.15) is 29.9 Å². The molecule has 1 fully saturated rings. The Hall–Kier alpha value is -1.04. The number of nitrogens with zero attached hydrogens (tertiary/aromatic N) is 3. The maximum Gasteiger partial charge on any atom is 0.147 e. The first-order chi connectivity index (χ1) is 7.70. The van der Waals surface area contributed by atoms with E-state index in [0.717, 1.165) is 25.2 Å². The van der Waals surface area contributed by atoms with Gasteiger partial charge in [0.1, 0.15) is 5.82 Å². The van der Waals surface area contributed by atoms with Gasteiger partial charge in [-0.1, -0.05) is 0 Å². The van der Waals surface area contributed by atoms with Crippen LogP contribution < -0.4 is 5.73 Å². The van der Waals surface area contributed by atoms with Crippen molar-refractivity contribution in [1.82, 2.24) is 14.9 Å². The monoisotopic (exact) mass is 222 g/mol. The number of nitrogens with two attached hydrogens (primary N) is 1. The third-order valence-corrected chi connectivity index (χ3v) is 3.03. The quantitative estimate of drug-likeness (QED) is 0.746. The summed E-state index contributed by atoms with van der Waals surface area (Å²) in [5, 5.41) is 8.97. The van der Waals surface area contributed by atoms with Crippen molar-refractivity contribution in [3.63, 3.8) is 0 Å². The third-order valence-electron chi connectivity index (χ3n) is 3.03. The van der Waals surface area contributed by atoms with Crippen LogP contribution in [0.15, 0.2) is 12.3 Å². The molecule has 0 amide bonds. The highest BCUT2D eigenvalue weighted by atomic mass is 16.3. The fourth-order valence-electron chi connectivity index (χ4n) is 2.05. The van der Waals surface area contributed by atoms with Crippen LogP contribution in [-0.2, 0) is 0 Å². The summed E-state index contributed by atoms with van der Waals surface area (Å²) in [5.41, 5.74) is 6.74. The lowest BCUT2D eigenvalue weighted by Gasteiger charge is -2.12. The smallest absolute Gasteiger partial charge is 0.147 e. The van der Waals surface area contributed by atoms with Crippen molar-refractivity contribution >= 4 is 0 Å². The molecule has 16 heavy (non-hydrogen) atoms. The molecule has 2 heterocycles. The van der Waals surface area contributed by atoms with E-state index in [1.165, 1.54) is 0 Å². The molecule has 0 aromatic carbocycles. The van der Waals surface area contributed by atoms with Gasteiger partial charge in [-0.3, -0.25) is 0 Å². The Morgan fingerprint density at radius 3 is 3.12 bits per heavy atom. The average Bonchev–Trinajstić information content (AvgIpc) is 2.75. The molecule has 0 bridgehead atoms. The summed E-state index contributed by atoms with van der Waals surface area (Å²) in [6.07, 6.45) is 2.85. The van der Waals surface area contributed by atoms with Crippen LogP contribution in [0.2, 0.25) is 0 Å². The summed E-state index contributed by atoms with van der Waals surface area (Å²) in [6.45, 7) is 2.02. The van der Waals surface area contributed by atoms with E-state index in [1.54, 1.807) is 6.20 Å². The summed E-state index contributed by atoms with van der Waals surface area (Å²) in [4.78, 5) is 10.8. The predicted molar refractivity (Wildman–Crippen MR) is 60.9 cm³/mol. The topological polar surface area (TPSA) is 75.3 Å². The lowest BCUT2D eigenvalue weighted by Crippen LogP contribution is -2.19. The van der Waals surface area contributed by atoms with Gasteiger partial charge in [-0.05, 0) is 26.1 Å². The van der Waals surface area contributed by atoms with E-state index in [0.29, 0.717) is 11.7 Å². The second-order valence-electron chi connectivity index (χ2n) is 4.38. The molecule has 0 saturated carbocycles. The first-order valence-corrected chi connectivity index (χ1v) is 5.58. The first-order valence-electron chi connectivity index (χ1n) is 5.58. The van der Waals surface area contributed by atoms with Crippen LogP contribution in [0.3, 0.4) is 0 Å². The molecule has 88 valence electrons. The van der Waals surface area contributed by atoms with E-state index in [1.807, 2.05) is 6.07 Å². The van der Waals surface area contributed by atoms with Crippen molar-refractivity contribution in [2.24, 2.45) is 5.73 Å². The van der Waals surface area contributed by atoms with Crippen molar-refractivity contribution in [2.45, 2.75) is 18.4 Å². The maximum absolute atomic E-state index is 8.97. The fourth-order valence-corrected chi connectivity index (χ4v) is 2.05. The summed E-state index contributed by atoms with van der Waals surface area (Å²) < 4.78 is 0. The zero-order chi connectivity index (χ0) is 11.5. The number of hydrogen-bond acceptors (Lipinski definition) is 5. The molecular formula is C11H18N4O. The van der Waals surface area contributed by atoms with Crippen molar-refractivity contribution in [1.29, 1.82) is 0 Å². The Morgan fingerprint density at radius 1 is 1.69 bits per heavy atom. The van der Waals surface area contributed by atoms with E-state index in [4.69, 9.17) is 10.8 Å². The van der Waals surface area contributed by atoms with Crippen LogP contribution in [0.25, 0.3) is 0 Å². The molecule has 0 radical (unpaired) electrons. The van der Waals surface area contributed by atoms with Gasteiger partial charge in [0, 0.05) is 24.4 Å². The Labute approximate surface area is 95.3 Å². The predicted octanol–water partition coefficient (Wildman–Crippen LogP) is -0.112. The minimum atomic E-state index is -0.473. The second kappa shape index (κ2) is 4.86. The molecule has 5 heteroatoms. The van der Waals surface area contributed by atoms with Crippen molar-refractivity contribution in [3.05, 3.63) is 23.8 Å². The Bertz CT molecular complexity index is 358. The van der Waals surface area contributed by atoms with Gasteiger partial charge in [-0.15, -0.1) is 0 Å². The first kappa shape index (κ1) is 11.4. The molecule has 1 saturated heterocycles. The van der Waals surface area contributed by atoms with Gasteiger partial charge >= 0.3 is 0 Å². The fraction of sp³-hybridized carbons (Fsp3) is 0.636. The molecule has 5 nitrogen and oxygen atoms in total. The van der Waals surface area contributed by atoms with Gasteiger partial charge in [-0.25, -0.2) is 9.97 Å². The Balaban J connectivity index is 2.16. The molecular weight excluding hydrogens is 204 g/mol. The zero-order valence-electron chi connectivity index (χ0n) is 9.50. The molecule has 1 aromatic rings. The number of likely N-dealkylation sites (tertiary alicyclic amines) is 1. The summed E-state index contributed by atoms with van der Waals surface area (Å²) in [5.74, 6) is 1.01. The number of aliphatic hydroxyl groups excluding tert-OH is 1. The highest BCUT2D eigenvalue weighted by molar-refractivity contribution is 5.12. The van der Waals surface area contributed by atoms with Gasteiger partial charge in [0.25, 0.3) is 0 Å². The number of rotatable bonds is 3. The lowest BCUT2D eigenvalue weighted by atomic mass is 10.0. The van der Waals surface area contributed by atoms with Crippen molar-refractivity contribution in [3.8, 4) is 0 Å². The minimum absolute atomic E-state index is 0.117. The van der Waals surface area contributed by atoms with E-state index in [-0.39, 0.29) is 6.61 Å². The van der Waals surface area contributed by atoms with Crippen LogP contribution in [0.4, 0.5) is 0 Å². The van der Waals surface area contributed by atoms with E-state index in [9.17, 15) is 0 Å². The summed E-state index contributed by atoms with van der Waals surface area (Å²) in [6, 6.07) is 1.47. The van der Waals surface area contributed by atoms with Crippen molar-refractivity contribution in [2.75, 3.05) is 26.7 Å². The Kier molecular flexibility index (Phi) is 3.48. The highest BCUT2D eigenvalue weighted by Gasteiger charge is 2.23. The lowest BCUT2D eigenvalue weighted by molar-refractivity contribution is 0.263. The van der Waals surface area contributed by atoms with Crippen LogP contribution >= 0.6 is 0 Å². The van der Waals surface area contributed by atoms with E-state index >= 15 is 0 Å². The maximum atomic E-state index is 8.97. The van der Waals surface area contributed by atoms with Crippen LogP contribution in [-0.4, -0.2) is 46.7 Å². The molecule has 0 spiro atoms. The number of aliphatic hydroxyl groups is 1. The summed E-state index contributed by atoms with van der Waals surface area (Å²) in [7, 11) is 2.11. The Morgan fingerprint density at radius 2 is 2.50 bits per heavy atom. The van der Waals surface area contributed by atoms with Gasteiger partial charge < -0.3 is 15.7 Å². The normalized spacial score (nSPS) is 23.6. The van der Waals surface area contributed by atoms with E-state index in [2.05, 4.69) is 21.9 Å². The van der Waals surface area contributed by atoms with E-state index < -0.39 is 6.04 Å². The highest BCUT2D eigenvalue weighted by Crippen LogP contribution is 2.24. The third kappa shape index (κ3) is 2.37. The molecule has 2 atom stereocenters. The molecule has 1 aliphatic rings. The zero-order valence-corrected chi connectivity index (χ0v) is 9.50. The van der Waals surface area contributed by atoms with Gasteiger partial charge in [0.05, 0.1) is 12.6 Å². The van der Waals surface area contributed by atoms with Crippen LogP contribution in [0, 0.1) is 0 Å². The number of hydrogen-bond donors (Lipinski definition) is 2. The standard InChI is InChI=1S/C11H18N4O/c1-15-5-3-8(6-15)10-2-4-13-11(14-10)9(12)7-16/h2,4,8-9,16H,3,5-7,12H2,1H3. The van der Waals surface area contributed by atoms with Crippen molar-refractivity contribution < 1.29 is 5.11 Å². The molecule has 2 rings (SSSR count). The largest absolute Gasteiger partial charge is 0.394 e. The molecule has 1 aliphatic heterocycles. The SMILES string of the molecule is CN1CCC(c2ccnc(C(N)CO)n2)C1. The minimum Gasteiger partial charge on any atom is -0.394 e. The van der Waals surface area contributed by atoms with Gasteiger partial charge in [-0.2, -0.15) is 0 Å². The molecule has 0 aliphatic carbocycles. The molecule has 3 N–H and O–H groups in total. The average molecular weight is 222 g/mol. The number of likely N-dealkylation sites (N-methyl/N-ethyl adjacent to an activating group) is 1.